The second-order valence-corrected chi connectivity index (χ2v) is 6.93. The minimum atomic E-state index is -0.401. The van der Waals surface area contributed by atoms with Crippen LogP contribution < -0.4 is 5.32 Å². The number of hydrogen-bond acceptors (Lipinski definition) is 4. The summed E-state index contributed by atoms with van der Waals surface area (Å²) in [6, 6.07) is 0. The highest BCUT2D eigenvalue weighted by Gasteiger charge is 2.43. The van der Waals surface area contributed by atoms with E-state index in [9.17, 15) is 4.79 Å². The quantitative estimate of drug-likeness (QED) is 0.840. The Kier molecular flexibility index (Phi) is 5.79. The van der Waals surface area contributed by atoms with Crippen molar-refractivity contribution in [3.63, 3.8) is 0 Å². The van der Waals surface area contributed by atoms with Crippen LogP contribution in [-0.4, -0.2) is 41.1 Å². The maximum absolute atomic E-state index is 12.6. The molecule has 0 aliphatic carbocycles. The molecule has 1 atom stereocenters. The molecule has 0 aliphatic rings. The average Bonchev–Trinajstić information content (AvgIpc) is 2.79. The Morgan fingerprint density at radius 1 is 1.27 bits per heavy atom. The van der Waals surface area contributed by atoms with Crippen LogP contribution in [0.25, 0.3) is 0 Å². The number of carbonyl (C=O) groups is 1. The van der Waals surface area contributed by atoms with E-state index in [1.54, 1.807) is 0 Å². The molecule has 0 saturated carbocycles. The van der Waals surface area contributed by atoms with Crippen molar-refractivity contribution in [2.45, 2.75) is 71.9 Å². The minimum absolute atomic E-state index is 0.150. The molecule has 1 aromatic rings. The first-order valence-corrected chi connectivity index (χ1v) is 8.05. The lowest BCUT2D eigenvalue weighted by atomic mass is 9.76. The van der Waals surface area contributed by atoms with E-state index < -0.39 is 5.54 Å². The minimum Gasteiger partial charge on any atom is -0.360 e. The number of aryl methyl sites for hydroxylation is 1. The van der Waals surface area contributed by atoms with E-state index in [1.807, 2.05) is 13.8 Å². The highest BCUT2D eigenvalue weighted by Crippen LogP contribution is 2.31. The van der Waals surface area contributed by atoms with Gasteiger partial charge >= 0.3 is 0 Å². The van der Waals surface area contributed by atoms with Crippen molar-refractivity contribution >= 4 is 5.91 Å². The van der Waals surface area contributed by atoms with Gasteiger partial charge in [0.1, 0.15) is 5.76 Å². The number of nitrogens with zero attached hydrogens (tertiary/aromatic N) is 2. The van der Waals surface area contributed by atoms with Crippen molar-refractivity contribution in [1.29, 1.82) is 0 Å². The molecule has 0 aliphatic heterocycles. The summed E-state index contributed by atoms with van der Waals surface area (Å²) in [6.45, 7) is 12.4. The highest BCUT2D eigenvalue weighted by atomic mass is 16.5. The predicted molar refractivity (Wildman–Crippen MR) is 89.2 cm³/mol. The number of likely N-dealkylation sites (N-methyl/N-ethyl adjacent to an activating group) is 1. The van der Waals surface area contributed by atoms with Crippen molar-refractivity contribution in [2.24, 2.45) is 0 Å². The number of nitrogens with one attached hydrogen (secondary N) is 1. The van der Waals surface area contributed by atoms with E-state index in [2.05, 4.69) is 57.2 Å². The summed E-state index contributed by atoms with van der Waals surface area (Å²) in [6.07, 6.45) is 2.78. The zero-order valence-corrected chi connectivity index (χ0v) is 15.3. The maximum Gasteiger partial charge on any atom is 0.274 e. The van der Waals surface area contributed by atoms with Crippen LogP contribution in [0, 0.1) is 6.92 Å². The SMILES string of the molecule is CCCC(C)(N(C)C)C(C)(C)NC(=O)c1noc(CC)c1C. The van der Waals surface area contributed by atoms with Crippen LogP contribution in [0.15, 0.2) is 4.52 Å². The first-order chi connectivity index (χ1) is 10.1. The number of rotatable bonds is 7. The summed E-state index contributed by atoms with van der Waals surface area (Å²) >= 11 is 0. The molecule has 5 heteroatoms. The Hall–Kier alpha value is -1.36. The van der Waals surface area contributed by atoms with Crippen LogP contribution in [0.4, 0.5) is 0 Å². The smallest absolute Gasteiger partial charge is 0.274 e. The van der Waals surface area contributed by atoms with E-state index in [-0.39, 0.29) is 11.4 Å². The average molecular weight is 309 g/mol. The van der Waals surface area contributed by atoms with Crippen molar-refractivity contribution in [3.05, 3.63) is 17.0 Å². The molecule has 5 nitrogen and oxygen atoms in total. The third-order valence-corrected chi connectivity index (χ3v) is 5.05. The number of aromatic nitrogens is 1. The van der Waals surface area contributed by atoms with E-state index in [0.717, 1.165) is 30.6 Å². The normalized spacial score (nSPS) is 15.0. The zero-order chi connectivity index (χ0) is 17.1. The molecule has 126 valence electrons. The van der Waals surface area contributed by atoms with Gasteiger partial charge in [0.05, 0.1) is 5.54 Å². The fourth-order valence-corrected chi connectivity index (χ4v) is 2.97. The Balaban J connectivity index is 3.04. The van der Waals surface area contributed by atoms with E-state index in [1.165, 1.54) is 0 Å². The summed E-state index contributed by atoms with van der Waals surface area (Å²) < 4.78 is 5.24. The van der Waals surface area contributed by atoms with Gasteiger partial charge in [0.15, 0.2) is 5.69 Å². The Morgan fingerprint density at radius 3 is 2.27 bits per heavy atom. The van der Waals surface area contributed by atoms with Gasteiger partial charge in [-0.15, -0.1) is 0 Å². The lowest BCUT2D eigenvalue weighted by molar-refractivity contribution is 0.0486. The van der Waals surface area contributed by atoms with Gasteiger partial charge in [-0.25, -0.2) is 0 Å². The van der Waals surface area contributed by atoms with Crippen molar-refractivity contribution in [3.8, 4) is 0 Å². The molecule has 0 saturated heterocycles. The molecule has 1 unspecified atom stereocenters. The van der Waals surface area contributed by atoms with Gasteiger partial charge < -0.3 is 14.7 Å². The molecular weight excluding hydrogens is 278 g/mol. The second kappa shape index (κ2) is 6.82. The van der Waals surface area contributed by atoms with Crippen molar-refractivity contribution < 1.29 is 9.32 Å². The fourth-order valence-electron chi connectivity index (χ4n) is 2.97. The lowest BCUT2D eigenvalue weighted by Crippen LogP contribution is -2.65. The van der Waals surface area contributed by atoms with Gasteiger partial charge in [-0.1, -0.05) is 25.4 Å². The van der Waals surface area contributed by atoms with Gasteiger partial charge in [-0.3, -0.25) is 4.79 Å². The molecule has 0 bridgehead atoms. The van der Waals surface area contributed by atoms with Crippen LogP contribution in [0.3, 0.4) is 0 Å². The van der Waals surface area contributed by atoms with Crippen LogP contribution in [0.2, 0.25) is 0 Å². The first-order valence-electron chi connectivity index (χ1n) is 8.05. The molecule has 1 rings (SSSR count). The van der Waals surface area contributed by atoms with Gasteiger partial charge in [0.2, 0.25) is 0 Å². The molecule has 1 aromatic heterocycles. The predicted octanol–water partition coefficient (Wildman–Crippen LogP) is 3.17. The Labute approximate surface area is 134 Å². The molecule has 0 radical (unpaired) electrons. The van der Waals surface area contributed by atoms with Crippen molar-refractivity contribution in [1.82, 2.24) is 15.4 Å². The molecular formula is C17H31N3O2. The summed E-state index contributed by atoms with van der Waals surface area (Å²) in [7, 11) is 4.11. The zero-order valence-electron chi connectivity index (χ0n) is 15.3. The third kappa shape index (κ3) is 3.35. The summed E-state index contributed by atoms with van der Waals surface area (Å²) in [5.41, 5.74) is 0.671. The maximum atomic E-state index is 12.6. The first kappa shape index (κ1) is 18.7. The van der Waals surface area contributed by atoms with Crippen LogP contribution in [-0.2, 0) is 6.42 Å². The van der Waals surface area contributed by atoms with Crippen LogP contribution in [0.5, 0.6) is 0 Å². The van der Waals surface area contributed by atoms with Gasteiger partial charge in [-0.2, -0.15) is 0 Å². The molecule has 0 fully saturated rings. The van der Waals surface area contributed by atoms with Gasteiger partial charge in [0.25, 0.3) is 5.91 Å². The number of amides is 1. The molecule has 0 aromatic carbocycles. The van der Waals surface area contributed by atoms with E-state index >= 15 is 0 Å². The fraction of sp³-hybridized carbons (Fsp3) is 0.765. The summed E-state index contributed by atoms with van der Waals surface area (Å²) in [5, 5.41) is 7.10. The topological polar surface area (TPSA) is 58.4 Å². The summed E-state index contributed by atoms with van der Waals surface area (Å²) in [4.78, 5) is 14.8. The Bertz CT molecular complexity index is 520. The molecule has 1 N–H and O–H groups in total. The van der Waals surface area contributed by atoms with Gasteiger partial charge in [-0.05, 0) is 48.2 Å². The number of carbonyl (C=O) groups excluding carboxylic acids is 1. The molecule has 1 heterocycles. The molecule has 22 heavy (non-hydrogen) atoms. The van der Waals surface area contributed by atoms with Crippen LogP contribution >= 0.6 is 0 Å². The lowest BCUT2D eigenvalue weighted by Gasteiger charge is -2.49. The largest absolute Gasteiger partial charge is 0.360 e. The molecule has 0 spiro atoms. The summed E-state index contributed by atoms with van der Waals surface area (Å²) in [5.74, 6) is 0.599. The van der Waals surface area contributed by atoms with E-state index in [4.69, 9.17) is 4.52 Å². The standard InChI is InChI=1S/C17H31N3O2/c1-9-11-17(6,20(7)8)16(4,5)18-15(21)14-12(3)13(10-2)22-19-14/h9-11H2,1-8H3,(H,18,21). The molecule has 1 amide bonds. The Morgan fingerprint density at radius 2 is 1.86 bits per heavy atom. The van der Waals surface area contributed by atoms with Crippen LogP contribution in [0.1, 0.15) is 69.3 Å². The number of hydrogen-bond donors (Lipinski definition) is 1. The third-order valence-electron chi connectivity index (χ3n) is 5.05. The van der Waals surface area contributed by atoms with E-state index in [0.29, 0.717) is 5.69 Å². The van der Waals surface area contributed by atoms with Gasteiger partial charge in [0, 0.05) is 17.5 Å². The highest BCUT2D eigenvalue weighted by molar-refractivity contribution is 5.94. The monoisotopic (exact) mass is 309 g/mol. The van der Waals surface area contributed by atoms with Crippen molar-refractivity contribution in [2.75, 3.05) is 14.1 Å². The second-order valence-electron chi connectivity index (χ2n) is 6.93.